The molecular weight excluding hydrogens is 206 g/mol. The van der Waals surface area contributed by atoms with Crippen LogP contribution < -0.4 is 10.6 Å². The molecule has 0 aromatic carbocycles. The van der Waals surface area contributed by atoms with E-state index in [9.17, 15) is 0 Å². The van der Waals surface area contributed by atoms with Crippen molar-refractivity contribution in [3.05, 3.63) is 22.4 Å². The second-order valence-corrected chi connectivity index (χ2v) is 4.66. The first kappa shape index (κ1) is 12.0. The van der Waals surface area contributed by atoms with Gasteiger partial charge in [0, 0.05) is 24.5 Å². The molecule has 0 spiro atoms. The molecule has 1 rings (SSSR count). The van der Waals surface area contributed by atoms with E-state index in [1.807, 2.05) is 0 Å². The van der Waals surface area contributed by atoms with Crippen molar-refractivity contribution in [2.45, 2.75) is 26.3 Å². The fraction of sp³-hybridized carbons (Fsp3) is 0.545. The van der Waals surface area contributed by atoms with Gasteiger partial charge in [-0.3, -0.25) is 4.99 Å². The highest BCUT2D eigenvalue weighted by Crippen LogP contribution is 2.07. The Hall–Kier alpha value is -1.03. The number of nitrogens with zero attached hydrogens (tertiary/aromatic N) is 1. The van der Waals surface area contributed by atoms with E-state index in [1.165, 1.54) is 4.88 Å². The van der Waals surface area contributed by atoms with Gasteiger partial charge < -0.3 is 10.6 Å². The maximum absolute atomic E-state index is 4.14. The van der Waals surface area contributed by atoms with E-state index in [0.29, 0.717) is 6.04 Å². The third-order valence-corrected chi connectivity index (χ3v) is 2.83. The van der Waals surface area contributed by atoms with Crippen LogP contribution in [0.25, 0.3) is 0 Å². The fourth-order valence-electron chi connectivity index (χ4n) is 1.23. The predicted octanol–water partition coefficient (Wildman–Crippen LogP) is 1.86. The van der Waals surface area contributed by atoms with Gasteiger partial charge in [0.25, 0.3) is 0 Å². The van der Waals surface area contributed by atoms with Crippen molar-refractivity contribution < 1.29 is 0 Å². The Bertz CT molecular complexity index is 291. The number of hydrogen-bond donors (Lipinski definition) is 2. The summed E-state index contributed by atoms with van der Waals surface area (Å²) in [6, 6.07) is 4.66. The summed E-state index contributed by atoms with van der Waals surface area (Å²) in [6.45, 7) is 5.13. The SMILES string of the molecule is CN=C(NCCc1cccs1)NC(C)C. The minimum Gasteiger partial charge on any atom is -0.356 e. The largest absolute Gasteiger partial charge is 0.356 e. The second kappa shape index (κ2) is 6.45. The molecule has 84 valence electrons. The van der Waals surface area contributed by atoms with Gasteiger partial charge in [0.05, 0.1) is 0 Å². The first-order chi connectivity index (χ1) is 7.22. The Morgan fingerprint density at radius 1 is 1.53 bits per heavy atom. The van der Waals surface area contributed by atoms with Crippen LogP contribution in [0.4, 0.5) is 0 Å². The molecule has 3 nitrogen and oxygen atoms in total. The standard InChI is InChI=1S/C11H19N3S/c1-9(2)14-11(12-3)13-7-6-10-5-4-8-15-10/h4-5,8-9H,6-7H2,1-3H3,(H2,12,13,14). The van der Waals surface area contributed by atoms with Crippen LogP contribution in [-0.4, -0.2) is 25.6 Å². The van der Waals surface area contributed by atoms with Crippen molar-refractivity contribution in [1.29, 1.82) is 0 Å². The Morgan fingerprint density at radius 3 is 2.87 bits per heavy atom. The summed E-state index contributed by atoms with van der Waals surface area (Å²) in [5, 5.41) is 8.64. The van der Waals surface area contributed by atoms with Crippen LogP contribution in [0.15, 0.2) is 22.5 Å². The molecule has 0 aliphatic carbocycles. The van der Waals surface area contributed by atoms with Gasteiger partial charge in [-0.15, -0.1) is 11.3 Å². The van der Waals surface area contributed by atoms with Crippen LogP contribution in [0.5, 0.6) is 0 Å². The monoisotopic (exact) mass is 225 g/mol. The van der Waals surface area contributed by atoms with Gasteiger partial charge in [0.15, 0.2) is 5.96 Å². The molecule has 0 fully saturated rings. The van der Waals surface area contributed by atoms with Gasteiger partial charge in [0.2, 0.25) is 0 Å². The van der Waals surface area contributed by atoms with Crippen molar-refractivity contribution in [3.8, 4) is 0 Å². The minimum atomic E-state index is 0.415. The first-order valence-electron chi connectivity index (χ1n) is 5.22. The van der Waals surface area contributed by atoms with E-state index < -0.39 is 0 Å². The topological polar surface area (TPSA) is 36.4 Å². The highest BCUT2D eigenvalue weighted by atomic mass is 32.1. The van der Waals surface area contributed by atoms with E-state index in [-0.39, 0.29) is 0 Å². The second-order valence-electron chi connectivity index (χ2n) is 3.63. The van der Waals surface area contributed by atoms with Crippen LogP contribution in [0.1, 0.15) is 18.7 Å². The molecule has 2 N–H and O–H groups in total. The Kier molecular flexibility index (Phi) is 5.18. The maximum atomic E-state index is 4.14. The van der Waals surface area contributed by atoms with Crippen molar-refractivity contribution in [1.82, 2.24) is 10.6 Å². The molecule has 0 aliphatic heterocycles. The third-order valence-electron chi connectivity index (χ3n) is 1.89. The average molecular weight is 225 g/mol. The molecule has 0 unspecified atom stereocenters. The summed E-state index contributed by atoms with van der Waals surface area (Å²) in [5.41, 5.74) is 0. The molecule has 4 heteroatoms. The molecule has 0 saturated carbocycles. The van der Waals surface area contributed by atoms with Gasteiger partial charge in [-0.2, -0.15) is 0 Å². The lowest BCUT2D eigenvalue weighted by atomic mass is 10.3. The smallest absolute Gasteiger partial charge is 0.191 e. The van der Waals surface area contributed by atoms with Crippen LogP contribution in [0.2, 0.25) is 0 Å². The molecule has 0 aliphatic rings. The Morgan fingerprint density at radius 2 is 2.33 bits per heavy atom. The van der Waals surface area contributed by atoms with E-state index in [0.717, 1.165) is 18.9 Å². The normalized spacial score (nSPS) is 11.9. The minimum absolute atomic E-state index is 0.415. The molecule has 15 heavy (non-hydrogen) atoms. The maximum Gasteiger partial charge on any atom is 0.191 e. The van der Waals surface area contributed by atoms with Crippen molar-refractivity contribution in [2.24, 2.45) is 4.99 Å². The quantitative estimate of drug-likeness (QED) is 0.606. The van der Waals surface area contributed by atoms with Crippen LogP contribution in [-0.2, 0) is 6.42 Å². The summed E-state index contributed by atoms with van der Waals surface area (Å²) in [6.07, 6.45) is 1.05. The molecule has 0 atom stereocenters. The van der Waals surface area contributed by atoms with Crippen LogP contribution >= 0.6 is 11.3 Å². The summed E-state index contributed by atoms with van der Waals surface area (Å²) >= 11 is 1.80. The zero-order chi connectivity index (χ0) is 11.1. The Labute approximate surface area is 95.6 Å². The molecule has 0 bridgehead atoms. The van der Waals surface area contributed by atoms with E-state index in [1.54, 1.807) is 18.4 Å². The summed E-state index contributed by atoms with van der Waals surface area (Å²) < 4.78 is 0. The third kappa shape index (κ3) is 4.83. The molecule has 1 aromatic rings. The van der Waals surface area contributed by atoms with Crippen molar-refractivity contribution in [2.75, 3.05) is 13.6 Å². The number of thiophene rings is 1. The predicted molar refractivity (Wildman–Crippen MR) is 67.7 cm³/mol. The van der Waals surface area contributed by atoms with E-state index in [4.69, 9.17) is 0 Å². The molecule has 0 radical (unpaired) electrons. The highest BCUT2D eigenvalue weighted by Gasteiger charge is 1.99. The highest BCUT2D eigenvalue weighted by molar-refractivity contribution is 7.09. The molecule has 0 amide bonds. The zero-order valence-corrected chi connectivity index (χ0v) is 10.4. The van der Waals surface area contributed by atoms with Gasteiger partial charge in [-0.05, 0) is 31.7 Å². The van der Waals surface area contributed by atoms with Gasteiger partial charge >= 0.3 is 0 Å². The lowest BCUT2D eigenvalue weighted by Crippen LogP contribution is -2.41. The molecule has 1 aromatic heterocycles. The van der Waals surface area contributed by atoms with Crippen LogP contribution in [0.3, 0.4) is 0 Å². The van der Waals surface area contributed by atoms with Gasteiger partial charge in [0.1, 0.15) is 0 Å². The van der Waals surface area contributed by atoms with E-state index in [2.05, 4.69) is 47.0 Å². The Balaban J connectivity index is 2.23. The zero-order valence-electron chi connectivity index (χ0n) is 9.58. The van der Waals surface area contributed by atoms with Gasteiger partial charge in [-0.25, -0.2) is 0 Å². The first-order valence-corrected chi connectivity index (χ1v) is 6.10. The molecule has 0 saturated heterocycles. The lowest BCUT2D eigenvalue weighted by molar-refractivity contribution is 0.699. The molecular formula is C11H19N3S. The fourth-order valence-corrected chi connectivity index (χ4v) is 1.94. The van der Waals surface area contributed by atoms with Crippen molar-refractivity contribution in [3.63, 3.8) is 0 Å². The summed E-state index contributed by atoms with van der Waals surface area (Å²) in [7, 11) is 1.79. The van der Waals surface area contributed by atoms with Gasteiger partial charge in [-0.1, -0.05) is 6.07 Å². The van der Waals surface area contributed by atoms with E-state index >= 15 is 0 Å². The number of hydrogen-bond acceptors (Lipinski definition) is 2. The number of guanidine groups is 1. The van der Waals surface area contributed by atoms with Crippen molar-refractivity contribution >= 4 is 17.3 Å². The average Bonchev–Trinajstić information content (AvgIpc) is 2.68. The number of nitrogens with one attached hydrogen (secondary N) is 2. The van der Waals surface area contributed by atoms with Crippen LogP contribution in [0, 0.1) is 0 Å². The summed E-state index contributed by atoms with van der Waals surface area (Å²) in [5.74, 6) is 0.876. The number of rotatable bonds is 4. The number of aliphatic imine (C=N–C) groups is 1. The summed E-state index contributed by atoms with van der Waals surface area (Å²) in [4.78, 5) is 5.55. The lowest BCUT2D eigenvalue weighted by Gasteiger charge is -2.13. The molecule has 1 heterocycles.